The lowest BCUT2D eigenvalue weighted by Crippen LogP contribution is -2.50. The third kappa shape index (κ3) is 2.93. The smallest absolute Gasteiger partial charge is 0.335 e. The molecule has 0 radical (unpaired) electrons. The Kier molecular flexibility index (Phi) is 3.83. The molecule has 1 saturated heterocycles. The summed E-state index contributed by atoms with van der Waals surface area (Å²) in [7, 11) is 0. The minimum Gasteiger partial charge on any atom is -0.479 e. The number of benzene rings is 1. The van der Waals surface area contributed by atoms with Crippen molar-refractivity contribution >= 4 is 11.9 Å². The molecule has 8 heteroatoms. The molecule has 23 heavy (non-hydrogen) atoms. The van der Waals surface area contributed by atoms with E-state index in [2.05, 4.69) is 10.2 Å². The van der Waals surface area contributed by atoms with Crippen LogP contribution in [0.25, 0.3) is 5.69 Å². The molecule has 2 aromatic rings. The average Bonchev–Trinajstić information content (AvgIpc) is 3.05. The lowest BCUT2D eigenvalue weighted by atomic mass is 9.91. The molecule has 120 valence electrons. The number of hydrogen-bond acceptors (Lipinski definition) is 5. The Morgan fingerprint density at radius 3 is 2.39 bits per heavy atom. The van der Waals surface area contributed by atoms with Gasteiger partial charge in [0, 0.05) is 25.9 Å². The third-order valence-corrected chi connectivity index (χ3v) is 3.97. The van der Waals surface area contributed by atoms with E-state index in [1.165, 1.54) is 15.9 Å². The van der Waals surface area contributed by atoms with Gasteiger partial charge in [-0.25, -0.2) is 4.79 Å². The summed E-state index contributed by atoms with van der Waals surface area (Å²) in [6.45, 7) is 0.333. The number of hydrogen-bond donors (Lipinski definition) is 2. The van der Waals surface area contributed by atoms with Crippen molar-refractivity contribution in [2.24, 2.45) is 0 Å². The Morgan fingerprint density at radius 2 is 1.78 bits per heavy atom. The fourth-order valence-electron chi connectivity index (χ4n) is 2.50. The molecule has 1 amide bonds. The highest BCUT2D eigenvalue weighted by Gasteiger charge is 2.40. The zero-order valence-electron chi connectivity index (χ0n) is 12.3. The fourth-order valence-corrected chi connectivity index (χ4v) is 2.50. The molecule has 0 saturated carbocycles. The number of piperidine rings is 1. The third-order valence-electron chi connectivity index (χ3n) is 3.97. The van der Waals surface area contributed by atoms with Crippen LogP contribution >= 0.6 is 0 Å². The number of aromatic nitrogens is 3. The van der Waals surface area contributed by atoms with Crippen LogP contribution < -0.4 is 0 Å². The fraction of sp³-hybridized carbons (Fsp3) is 0.333. The van der Waals surface area contributed by atoms with E-state index in [1.54, 1.807) is 0 Å². The minimum absolute atomic E-state index is 0.000889. The van der Waals surface area contributed by atoms with Crippen molar-refractivity contribution in [2.75, 3.05) is 13.1 Å². The number of carbonyl (C=O) groups excluding carboxylic acids is 1. The van der Waals surface area contributed by atoms with E-state index < -0.39 is 11.6 Å². The molecule has 1 fully saturated rings. The zero-order valence-corrected chi connectivity index (χ0v) is 12.3. The predicted molar refractivity (Wildman–Crippen MR) is 79.1 cm³/mol. The van der Waals surface area contributed by atoms with Crippen molar-refractivity contribution in [3.8, 4) is 5.69 Å². The molecular weight excluding hydrogens is 300 g/mol. The average molecular weight is 316 g/mol. The second-order valence-corrected chi connectivity index (χ2v) is 5.48. The Morgan fingerprint density at radius 1 is 1.13 bits per heavy atom. The maximum Gasteiger partial charge on any atom is 0.335 e. The molecule has 0 aliphatic carbocycles. The Hall–Kier alpha value is -2.74. The van der Waals surface area contributed by atoms with Gasteiger partial charge in [-0.15, -0.1) is 5.10 Å². The van der Waals surface area contributed by atoms with Crippen LogP contribution in [0.4, 0.5) is 0 Å². The molecular formula is C15H16N4O4. The molecule has 0 atom stereocenters. The SMILES string of the molecule is O=C(c1cnn(-c2ccccc2)n1)N1CCC(O)(C(=O)O)CC1. The molecule has 0 unspecified atom stereocenters. The first-order chi connectivity index (χ1) is 11.0. The van der Waals surface area contributed by atoms with Gasteiger partial charge < -0.3 is 15.1 Å². The van der Waals surface area contributed by atoms with Crippen LogP contribution in [-0.2, 0) is 4.79 Å². The lowest BCUT2D eigenvalue weighted by Gasteiger charge is -2.34. The maximum atomic E-state index is 12.4. The summed E-state index contributed by atoms with van der Waals surface area (Å²) < 4.78 is 0. The Balaban J connectivity index is 1.70. The van der Waals surface area contributed by atoms with E-state index in [1.807, 2.05) is 30.3 Å². The van der Waals surface area contributed by atoms with Crippen LogP contribution in [0.5, 0.6) is 0 Å². The number of carboxylic acid groups (broad SMARTS) is 1. The van der Waals surface area contributed by atoms with Gasteiger partial charge in [0.05, 0.1) is 11.9 Å². The lowest BCUT2D eigenvalue weighted by molar-refractivity contribution is -0.162. The van der Waals surface area contributed by atoms with E-state index in [0.29, 0.717) is 0 Å². The molecule has 8 nitrogen and oxygen atoms in total. The monoisotopic (exact) mass is 316 g/mol. The van der Waals surface area contributed by atoms with E-state index in [4.69, 9.17) is 5.11 Å². The summed E-state index contributed by atoms with van der Waals surface area (Å²) in [4.78, 5) is 26.3. The number of likely N-dealkylation sites (tertiary alicyclic amines) is 1. The summed E-state index contributed by atoms with van der Waals surface area (Å²) in [5.74, 6) is -1.57. The standard InChI is InChI=1S/C15H16N4O4/c20-13(18-8-6-15(23,7-9-18)14(21)22)12-10-16-19(17-12)11-4-2-1-3-5-11/h1-5,10,23H,6-9H2,(H,21,22). The highest BCUT2D eigenvalue weighted by Crippen LogP contribution is 2.23. The number of amides is 1. The first kappa shape index (κ1) is 15.2. The van der Waals surface area contributed by atoms with Gasteiger partial charge in [0.2, 0.25) is 0 Å². The predicted octanol–water partition coefficient (Wildman–Crippen LogP) is 0.319. The number of carbonyl (C=O) groups is 2. The van der Waals surface area contributed by atoms with E-state index in [-0.39, 0.29) is 37.5 Å². The number of rotatable bonds is 3. The van der Waals surface area contributed by atoms with Crippen LogP contribution in [0.15, 0.2) is 36.5 Å². The number of aliphatic hydroxyl groups is 1. The topological polar surface area (TPSA) is 109 Å². The summed E-state index contributed by atoms with van der Waals surface area (Å²) in [5, 5.41) is 27.1. The molecule has 0 bridgehead atoms. The van der Waals surface area contributed by atoms with Gasteiger partial charge in [-0.2, -0.15) is 9.90 Å². The van der Waals surface area contributed by atoms with Gasteiger partial charge in [0.1, 0.15) is 0 Å². The van der Waals surface area contributed by atoms with Gasteiger partial charge in [-0.05, 0) is 12.1 Å². The van der Waals surface area contributed by atoms with Crippen LogP contribution in [0.1, 0.15) is 23.3 Å². The van der Waals surface area contributed by atoms with E-state index in [0.717, 1.165) is 5.69 Å². The van der Waals surface area contributed by atoms with Gasteiger partial charge in [-0.1, -0.05) is 18.2 Å². The van der Waals surface area contributed by atoms with Crippen molar-refractivity contribution in [2.45, 2.75) is 18.4 Å². The van der Waals surface area contributed by atoms with Gasteiger partial charge in [0.25, 0.3) is 5.91 Å². The van der Waals surface area contributed by atoms with Gasteiger partial charge >= 0.3 is 5.97 Å². The second-order valence-electron chi connectivity index (χ2n) is 5.48. The van der Waals surface area contributed by atoms with E-state index >= 15 is 0 Å². The first-order valence-corrected chi connectivity index (χ1v) is 7.22. The first-order valence-electron chi connectivity index (χ1n) is 7.22. The number of nitrogens with zero attached hydrogens (tertiary/aromatic N) is 4. The molecule has 1 aromatic heterocycles. The number of para-hydroxylation sites is 1. The zero-order chi connectivity index (χ0) is 16.4. The van der Waals surface area contributed by atoms with Gasteiger partial charge in [0.15, 0.2) is 11.3 Å². The summed E-state index contributed by atoms with van der Waals surface area (Å²) in [5.41, 5.74) is -0.821. The summed E-state index contributed by atoms with van der Waals surface area (Å²) in [6, 6.07) is 9.20. The summed E-state index contributed by atoms with van der Waals surface area (Å²) >= 11 is 0. The van der Waals surface area contributed by atoms with Crippen molar-refractivity contribution in [3.05, 3.63) is 42.2 Å². The molecule has 1 aromatic carbocycles. The molecule has 3 rings (SSSR count). The molecule has 0 spiro atoms. The van der Waals surface area contributed by atoms with Crippen LogP contribution in [0, 0.1) is 0 Å². The maximum absolute atomic E-state index is 12.4. The Bertz CT molecular complexity index is 720. The van der Waals surface area contributed by atoms with Crippen LogP contribution in [-0.4, -0.2) is 60.7 Å². The molecule has 2 heterocycles. The van der Waals surface area contributed by atoms with Crippen molar-refractivity contribution in [1.82, 2.24) is 19.9 Å². The molecule has 1 aliphatic heterocycles. The quantitative estimate of drug-likeness (QED) is 0.844. The summed E-state index contributed by atoms with van der Waals surface area (Å²) in [6.07, 6.45) is 1.38. The normalized spacial score (nSPS) is 17.0. The van der Waals surface area contributed by atoms with Crippen LogP contribution in [0.3, 0.4) is 0 Å². The number of carboxylic acids is 1. The number of aliphatic carboxylic acids is 1. The second kappa shape index (κ2) is 5.81. The van der Waals surface area contributed by atoms with Crippen molar-refractivity contribution < 1.29 is 19.8 Å². The highest BCUT2D eigenvalue weighted by molar-refractivity contribution is 5.92. The van der Waals surface area contributed by atoms with Crippen molar-refractivity contribution in [3.63, 3.8) is 0 Å². The Labute approximate surface area is 132 Å². The largest absolute Gasteiger partial charge is 0.479 e. The van der Waals surface area contributed by atoms with Gasteiger partial charge in [-0.3, -0.25) is 4.79 Å². The molecule has 2 N–H and O–H groups in total. The van der Waals surface area contributed by atoms with E-state index in [9.17, 15) is 14.7 Å². The minimum atomic E-state index is -1.75. The molecule has 1 aliphatic rings. The highest BCUT2D eigenvalue weighted by atomic mass is 16.4. The van der Waals surface area contributed by atoms with Crippen LogP contribution in [0.2, 0.25) is 0 Å². The van der Waals surface area contributed by atoms with Crippen molar-refractivity contribution in [1.29, 1.82) is 0 Å².